The number of rotatable bonds is 12. The van der Waals surface area contributed by atoms with E-state index in [1.54, 1.807) is 13.8 Å². The van der Waals surface area contributed by atoms with Gasteiger partial charge in [0.25, 0.3) is 0 Å². The first kappa shape index (κ1) is 24.1. The van der Waals surface area contributed by atoms with Crippen LogP contribution in [-0.4, -0.2) is 50.7 Å². The van der Waals surface area contributed by atoms with Crippen molar-refractivity contribution >= 4 is 34.8 Å². The summed E-state index contributed by atoms with van der Waals surface area (Å²) in [6.07, 6.45) is 2.21. The van der Waals surface area contributed by atoms with Crippen LogP contribution < -0.4 is 10.6 Å². The average Bonchev–Trinajstić information content (AvgIpc) is 2.48. The van der Waals surface area contributed by atoms with Crippen LogP contribution >= 0.6 is 17.0 Å². The van der Waals surface area contributed by atoms with Gasteiger partial charge in [-0.05, 0) is 46.7 Å². The van der Waals surface area contributed by atoms with Crippen molar-refractivity contribution in [2.75, 3.05) is 26.8 Å². The first-order valence-electron chi connectivity index (χ1n) is 7.81. The van der Waals surface area contributed by atoms with Gasteiger partial charge in [0.2, 0.25) is 5.91 Å². The standard InChI is InChI=1S/C15H28N2O5.BrH/c1-4-21-14(19)10-9-12(15(20)22-5-2)17-13(18)8-6-7-11-16-3;/h12,16H,4-11H2,1-3H3,(H,17,18);1H/t12-;/m0./s1. The molecular formula is C15H29BrN2O5. The molecule has 0 aromatic heterocycles. The van der Waals surface area contributed by atoms with Gasteiger partial charge in [-0.15, -0.1) is 17.0 Å². The number of nitrogens with one attached hydrogen (secondary N) is 2. The first-order chi connectivity index (χ1) is 10.5. The highest BCUT2D eigenvalue weighted by molar-refractivity contribution is 8.93. The van der Waals surface area contributed by atoms with E-state index >= 15 is 0 Å². The fraction of sp³-hybridized carbons (Fsp3) is 0.800. The normalized spacial score (nSPS) is 11.1. The zero-order chi connectivity index (χ0) is 16.8. The van der Waals surface area contributed by atoms with E-state index in [1.165, 1.54) is 0 Å². The van der Waals surface area contributed by atoms with E-state index in [2.05, 4.69) is 10.6 Å². The van der Waals surface area contributed by atoms with E-state index < -0.39 is 12.0 Å². The second kappa shape index (κ2) is 15.7. The Morgan fingerprint density at radius 1 is 1.00 bits per heavy atom. The third-order valence-electron chi connectivity index (χ3n) is 2.93. The SMILES string of the molecule is Br.CCOC(=O)CC[C@H](NC(=O)CCCCNC)C(=O)OCC. The number of unbranched alkanes of at least 4 members (excludes halogenated alkanes) is 1. The van der Waals surface area contributed by atoms with Crippen LogP contribution in [0.25, 0.3) is 0 Å². The van der Waals surface area contributed by atoms with Crippen molar-refractivity contribution in [1.29, 1.82) is 0 Å². The number of carbonyl (C=O) groups excluding carboxylic acids is 3. The number of halogens is 1. The fourth-order valence-corrected chi connectivity index (χ4v) is 1.84. The Bertz CT molecular complexity index is 353. The predicted molar refractivity (Wildman–Crippen MR) is 92.5 cm³/mol. The summed E-state index contributed by atoms with van der Waals surface area (Å²) in [5.74, 6) is -1.12. The highest BCUT2D eigenvalue weighted by atomic mass is 79.9. The van der Waals surface area contributed by atoms with Crippen molar-refractivity contribution in [2.24, 2.45) is 0 Å². The summed E-state index contributed by atoms with van der Waals surface area (Å²) in [4.78, 5) is 35.0. The number of ether oxygens (including phenoxy) is 2. The van der Waals surface area contributed by atoms with Crippen LogP contribution in [0, 0.1) is 0 Å². The number of hydrogen-bond donors (Lipinski definition) is 2. The molecule has 0 unspecified atom stereocenters. The van der Waals surface area contributed by atoms with Gasteiger partial charge in [0, 0.05) is 12.8 Å². The molecule has 0 aliphatic carbocycles. The molecule has 2 N–H and O–H groups in total. The number of amides is 1. The molecule has 7 nitrogen and oxygen atoms in total. The molecule has 0 bridgehead atoms. The van der Waals surface area contributed by atoms with Gasteiger partial charge < -0.3 is 20.1 Å². The number of carbonyl (C=O) groups is 3. The molecule has 136 valence electrons. The zero-order valence-electron chi connectivity index (χ0n) is 14.2. The van der Waals surface area contributed by atoms with E-state index in [9.17, 15) is 14.4 Å². The Hall–Kier alpha value is -1.15. The maximum absolute atomic E-state index is 11.8. The minimum atomic E-state index is -0.804. The Morgan fingerprint density at radius 2 is 1.65 bits per heavy atom. The molecule has 0 spiro atoms. The largest absolute Gasteiger partial charge is 0.466 e. The summed E-state index contributed by atoms with van der Waals surface area (Å²) in [7, 11) is 1.85. The predicted octanol–water partition coefficient (Wildman–Crippen LogP) is 1.35. The average molecular weight is 397 g/mol. The lowest BCUT2D eigenvalue weighted by molar-refractivity contribution is -0.148. The molecule has 1 amide bonds. The monoisotopic (exact) mass is 396 g/mol. The van der Waals surface area contributed by atoms with E-state index in [4.69, 9.17) is 9.47 Å². The second-order valence-electron chi connectivity index (χ2n) is 4.78. The highest BCUT2D eigenvalue weighted by Gasteiger charge is 2.23. The van der Waals surface area contributed by atoms with Crippen molar-refractivity contribution in [3.63, 3.8) is 0 Å². The van der Waals surface area contributed by atoms with Crippen molar-refractivity contribution in [2.45, 2.75) is 52.0 Å². The smallest absolute Gasteiger partial charge is 0.328 e. The van der Waals surface area contributed by atoms with E-state index in [0.717, 1.165) is 19.4 Å². The minimum Gasteiger partial charge on any atom is -0.466 e. The number of hydrogen-bond acceptors (Lipinski definition) is 6. The Morgan fingerprint density at radius 3 is 2.22 bits per heavy atom. The molecule has 0 saturated carbocycles. The summed E-state index contributed by atoms with van der Waals surface area (Å²) in [6.45, 7) is 4.78. The Balaban J connectivity index is 0. The summed E-state index contributed by atoms with van der Waals surface area (Å²) in [5, 5.41) is 5.64. The lowest BCUT2D eigenvalue weighted by atomic mass is 10.1. The molecule has 0 radical (unpaired) electrons. The van der Waals surface area contributed by atoms with Crippen molar-refractivity contribution in [3.05, 3.63) is 0 Å². The molecule has 0 aromatic rings. The van der Waals surface area contributed by atoms with Crippen molar-refractivity contribution in [1.82, 2.24) is 10.6 Å². The summed E-state index contributed by atoms with van der Waals surface area (Å²) < 4.78 is 9.74. The zero-order valence-corrected chi connectivity index (χ0v) is 15.9. The Labute approximate surface area is 148 Å². The van der Waals surface area contributed by atoms with E-state index in [1.807, 2.05) is 7.05 Å². The van der Waals surface area contributed by atoms with Gasteiger partial charge in [0.15, 0.2) is 0 Å². The molecule has 0 saturated heterocycles. The molecule has 1 atom stereocenters. The Kier molecular flexibility index (Phi) is 16.5. The fourth-order valence-electron chi connectivity index (χ4n) is 1.84. The van der Waals surface area contributed by atoms with Crippen molar-refractivity contribution in [3.8, 4) is 0 Å². The van der Waals surface area contributed by atoms with Crippen LogP contribution in [0.5, 0.6) is 0 Å². The van der Waals surface area contributed by atoms with Crippen LogP contribution in [0.1, 0.15) is 46.0 Å². The van der Waals surface area contributed by atoms with Crippen LogP contribution in [-0.2, 0) is 23.9 Å². The first-order valence-corrected chi connectivity index (χ1v) is 7.81. The molecule has 0 fully saturated rings. The topological polar surface area (TPSA) is 93.7 Å². The van der Waals surface area contributed by atoms with E-state index in [-0.39, 0.29) is 48.3 Å². The maximum atomic E-state index is 11.8. The van der Waals surface area contributed by atoms with Crippen LogP contribution in [0.3, 0.4) is 0 Å². The van der Waals surface area contributed by atoms with E-state index in [0.29, 0.717) is 13.0 Å². The highest BCUT2D eigenvalue weighted by Crippen LogP contribution is 2.04. The van der Waals surface area contributed by atoms with Crippen LogP contribution in [0.4, 0.5) is 0 Å². The quantitative estimate of drug-likeness (QED) is 0.381. The second-order valence-corrected chi connectivity index (χ2v) is 4.78. The van der Waals surface area contributed by atoms with Gasteiger partial charge in [-0.25, -0.2) is 4.79 Å². The van der Waals surface area contributed by atoms with Gasteiger partial charge in [0.1, 0.15) is 6.04 Å². The van der Waals surface area contributed by atoms with Gasteiger partial charge in [0.05, 0.1) is 13.2 Å². The van der Waals surface area contributed by atoms with Gasteiger partial charge >= 0.3 is 11.9 Å². The van der Waals surface area contributed by atoms with Crippen LogP contribution in [0.2, 0.25) is 0 Å². The van der Waals surface area contributed by atoms with Gasteiger partial charge in [-0.3, -0.25) is 9.59 Å². The van der Waals surface area contributed by atoms with Crippen molar-refractivity contribution < 1.29 is 23.9 Å². The van der Waals surface area contributed by atoms with Crippen LogP contribution in [0.15, 0.2) is 0 Å². The summed E-state index contributed by atoms with van der Waals surface area (Å²) >= 11 is 0. The molecule has 0 aliphatic heterocycles. The molecular weight excluding hydrogens is 368 g/mol. The molecule has 23 heavy (non-hydrogen) atoms. The lowest BCUT2D eigenvalue weighted by Crippen LogP contribution is -2.42. The number of esters is 2. The maximum Gasteiger partial charge on any atom is 0.328 e. The third-order valence-corrected chi connectivity index (χ3v) is 2.93. The summed E-state index contributed by atoms with van der Waals surface area (Å²) in [5.41, 5.74) is 0. The lowest BCUT2D eigenvalue weighted by Gasteiger charge is -2.17. The van der Waals surface area contributed by atoms with Gasteiger partial charge in [-0.1, -0.05) is 0 Å². The summed E-state index contributed by atoms with van der Waals surface area (Å²) in [6, 6.07) is -0.804. The van der Waals surface area contributed by atoms with Gasteiger partial charge in [-0.2, -0.15) is 0 Å². The third kappa shape index (κ3) is 13.0. The molecule has 0 aliphatic rings. The minimum absolute atomic E-state index is 0. The molecule has 0 rings (SSSR count). The molecule has 0 heterocycles. The molecule has 0 aromatic carbocycles. The molecule has 8 heteroatoms.